The Hall–Kier alpha value is -2.85. The lowest BCUT2D eigenvalue weighted by Crippen LogP contribution is -3.00. The molecule has 0 spiro atoms. The number of fused-ring (bicyclic) bond motifs is 1. The van der Waals surface area contributed by atoms with E-state index in [9.17, 15) is 4.79 Å². The minimum Gasteiger partial charge on any atom is -1.00 e. The standard InChI is InChI=1S/C22H17N2O.BrH/c25-22(19-12-11-17-7-1-2-8-18(17)15-19)16-24-14-6-4-10-21(24)20-9-3-5-13-23-20;/h1-15H,16H2;1H/q+1;/p-1. The minimum atomic E-state index is 0. The largest absolute Gasteiger partial charge is 1.00 e. The summed E-state index contributed by atoms with van der Waals surface area (Å²) in [6.07, 6.45) is 3.68. The van der Waals surface area contributed by atoms with Crippen LogP contribution in [0.2, 0.25) is 0 Å². The summed E-state index contributed by atoms with van der Waals surface area (Å²) in [5.74, 6) is 0.0825. The van der Waals surface area contributed by atoms with Gasteiger partial charge in [0.2, 0.25) is 18.0 Å². The maximum absolute atomic E-state index is 12.8. The Kier molecular flexibility index (Phi) is 5.54. The second kappa shape index (κ2) is 8.02. The quantitative estimate of drug-likeness (QED) is 0.376. The van der Waals surface area contributed by atoms with Crippen LogP contribution < -0.4 is 21.5 Å². The van der Waals surface area contributed by atoms with Gasteiger partial charge in [0.05, 0.1) is 0 Å². The van der Waals surface area contributed by atoms with Crippen molar-refractivity contribution in [3.05, 3.63) is 96.8 Å². The molecule has 0 saturated carbocycles. The van der Waals surface area contributed by atoms with Crippen molar-refractivity contribution in [2.24, 2.45) is 0 Å². The van der Waals surface area contributed by atoms with Crippen LogP contribution in [-0.2, 0) is 6.54 Å². The first-order chi connectivity index (χ1) is 12.3. The number of aromatic nitrogens is 2. The van der Waals surface area contributed by atoms with E-state index in [4.69, 9.17) is 0 Å². The molecule has 0 fully saturated rings. The monoisotopic (exact) mass is 404 g/mol. The number of nitrogens with zero attached hydrogens (tertiary/aromatic N) is 2. The summed E-state index contributed by atoms with van der Waals surface area (Å²) in [4.78, 5) is 17.2. The zero-order valence-electron chi connectivity index (χ0n) is 14.0. The highest BCUT2D eigenvalue weighted by atomic mass is 79.9. The van der Waals surface area contributed by atoms with Crippen LogP contribution in [0.3, 0.4) is 0 Å². The number of carbonyl (C=O) groups excluding carboxylic acids is 1. The van der Waals surface area contributed by atoms with E-state index < -0.39 is 0 Å². The van der Waals surface area contributed by atoms with Gasteiger partial charge in [-0.05, 0) is 35.0 Å². The fourth-order valence-electron chi connectivity index (χ4n) is 2.97. The lowest BCUT2D eigenvalue weighted by Gasteiger charge is -2.04. The SMILES string of the molecule is O=C(C[n+]1ccccc1-c1ccccn1)c1ccc2ccccc2c1.[Br-]. The van der Waals surface area contributed by atoms with E-state index in [1.165, 1.54) is 0 Å². The Morgan fingerprint density at radius 2 is 1.62 bits per heavy atom. The Labute approximate surface area is 162 Å². The van der Waals surface area contributed by atoms with Crippen molar-refractivity contribution < 1.29 is 26.3 Å². The number of ketones is 1. The third kappa shape index (κ3) is 3.70. The predicted octanol–water partition coefficient (Wildman–Crippen LogP) is 1.08. The Balaban J connectivity index is 0.00000196. The lowest BCUT2D eigenvalue weighted by molar-refractivity contribution is -0.672. The molecule has 4 aromatic rings. The number of rotatable bonds is 4. The van der Waals surface area contributed by atoms with Crippen LogP contribution in [0, 0.1) is 0 Å². The highest BCUT2D eigenvalue weighted by Crippen LogP contribution is 2.16. The van der Waals surface area contributed by atoms with Gasteiger partial charge < -0.3 is 17.0 Å². The maximum atomic E-state index is 12.8. The molecule has 0 amide bonds. The van der Waals surface area contributed by atoms with Gasteiger partial charge >= 0.3 is 0 Å². The zero-order valence-corrected chi connectivity index (χ0v) is 15.6. The highest BCUT2D eigenvalue weighted by Gasteiger charge is 2.18. The molecule has 2 aromatic heterocycles. The van der Waals surface area contributed by atoms with E-state index in [1.807, 2.05) is 83.6 Å². The molecule has 0 bridgehead atoms. The summed E-state index contributed by atoms with van der Waals surface area (Å²) in [6.45, 7) is 0.283. The first-order valence-electron chi connectivity index (χ1n) is 8.23. The number of Topliss-reactive ketones (excluding diaryl/α,β-unsaturated/α-hetero) is 1. The fourth-order valence-corrected chi connectivity index (χ4v) is 2.97. The van der Waals surface area contributed by atoms with E-state index in [2.05, 4.69) is 11.1 Å². The van der Waals surface area contributed by atoms with Gasteiger partial charge in [0.1, 0.15) is 5.69 Å². The average molecular weight is 405 g/mol. The van der Waals surface area contributed by atoms with Crippen LogP contribution in [0.4, 0.5) is 0 Å². The molecule has 0 N–H and O–H groups in total. The second-order valence-electron chi connectivity index (χ2n) is 5.91. The minimum absolute atomic E-state index is 0. The molecule has 26 heavy (non-hydrogen) atoms. The molecular weight excluding hydrogens is 388 g/mol. The van der Waals surface area contributed by atoms with Crippen LogP contribution in [0.25, 0.3) is 22.2 Å². The number of halogens is 1. The predicted molar refractivity (Wildman–Crippen MR) is 98.1 cm³/mol. The molecule has 0 radical (unpaired) electrons. The first kappa shape index (κ1) is 18.0. The topological polar surface area (TPSA) is 33.8 Å². The van der Waals surface area contributed by atoms with Crippen LogP contribution in [0.5, 0.6) is 0 Å². The molecule has 128 valence electrons. The van der Waals surface area contributed by atoms with E-state index >= 15 is 0 Å². The smallest absolute Gasteiger partial charge is 0.231 e. The number of pyridine rings is 2. The van der Waals surface area contributed by atoms with E-state index in [-0.39, 0.29) is 29.3 Å². The average Bonchev–Trinajstić information content (AvgIpc) is 2.68. The van der Waals surface area contributed by atoms with Gasteiger partial charge in [-0.3, -0.25) is 4.79 Å². The van der Waals surface area contributed by atoms with Crippen LogP contribution in [-0.4, -0.2) is 10.8 Å². The van der Waals surface area contributed by atoms with E-state index in [1.54, 1.807) is 6.20 Å². The molecule has 0 aliphatic carbocycles. The summed E-state index contributed by atoms with van der Waals surface area (Å²) in [7, 11) is 0. The number of hydrogen-bond acceptors (Lipinski definition) is 2. The van der Waals surface area contributed by atoms with Gasteiger partial charge in [-0.1, -0.05) is 42.5 Å². The van der Waals surface area contributed by atoms with Crippen molar-refractivity contribution in [1.29, 1.82) is 0 Å². The molecule has 0 aliphatic rings. The Morgan fingerprint density at radius 1 is 0.846 bits per heavy atom. The van der Waals surface area contributed by atoms with Gasteiger partial charge in [-0.25, -0.2) is 4.98 Å². The molecule has 0 aliphatic heterocycles. The third-order valence-corrected chi connectivity index (χ3v) is 4.25. The van der Waals surface area contributed by atoms with Crippen molar-refractivity contribution in [2.45, 2.75) is 6.54 Å². The van der Waals surface area contributed by atoms with Gasteiger partial charge in [0, 0.05) is 23.9 Å². The summed E-state index contributed by atoms with van der Waals surface area (Å²) >= 11 is 0. The van der Waals surface area contributed by atoms with Crippen molar-refractivity contribution in [2.75, 3.05) is 0 Å². The molecule has 4 heteroatoms. The number of benzene rings is 2. The normalized spacial score (nSPS) is 10.3. The molecule has 2 aromatic carbocycles. The van der Waals surface area contributed by atoms with Gasteiger partial charge in [0.15, 0.2) is 6.20 Å². The van der Waals surface area contributed by atoms with Crippen LogP contribution in [0.15, 0.2) is 91.3 Å². The second-order valence-corrected chi connectivity index (χ2v) is 5.91. The lowest BCUT2D eigenvalue weighted by atomic mass is 10.0. The maximum Gasteiger partial charge on any atom is 0.231 e. The summed E-state index contributed by atoms with van der Waals surface area (Å²) in [5, 5.41) is 2.22. The zero-order chi connectivity index (χ0) is 17.1. The van der Waals surface area contributed by atoms with E-state index in [0.717, 1.165) is 27.7 Å². The molecule has 0 saturated heterocycles. The van der Waals surface area contributed by atoms with Crippen LogP contribution >= 0.6 is 0 Å². The van der Waals surface area contributed by atoms with Gasteiger partial charge in [-0.2, -0.15) is 4.57 Å². The summed E-state index contributed by atoms with van der Waals surface area (Å²) in [5.41, 5.74) is 2.51. The van der Waals surface area contributed by atoms with Crippen molar-refractivity contribution in [1.82, 2.24) is 4.98 Å². The van der Waals surface area contributed by atoms with E-state index in [0.29, 0.717) is 0 Å². The van der Waals surface area contributed by atoms with Crippen LogP contribution in [0.1, 0.15) is 10.4 Å². The molecule has 3 nitrogen and oxygen atoms in total. The third-order valence-electron chi connectivity index (χ3n) is 4.25. The first-order valence-corrected chi connectivity index (χ1v) is 8.23. The Bertz CT molecular complexity index is 1050. The molecule has 4 rings (SSSR count). The number of carbonyl (C=O) groups is 1. The molecular formula is C22H17BrN2O. The van der Waals surface area contributed by atoms with Gasteiger partial charge in [0.25, 0.3) is 0 Å². The fraction of sp³-hybridized carbons (Fsp3) is 0.0455. The number of hydrogen-bond donors (Lipinski definition) is 0. The summed E-state index contributed by atoms with van der Waals surface area (Å²) in [6, 6.07) is 25.6. The molecule has 2 heterocycles. The van der Waals surface area contributed by atoms with Gasteiger partial charge in [-0.15, -0.1) is 0 Å². The van der Waals surface area contributed by atoms with Crippen molar-refractivity contribution in [3.63, 3.8) is 0 Å². The molecule has 0 atom stereocenters. The molecule has 0 unspecified atom stereocenters. The highest BCUT2D eigenvalue weighted by molar-refractivity contribution is 5.99. The summed E-state index contributed by atoms with van der Waals surface area (Å²) < 4.78 is 1.94. The van der Waals surface area contributed by atoms with Crippen molar-refractivity contribution >= 4 is 16.6 Å². The Morgan fingerprint density at radius 3 is 2.42 bits per heavy atom. The van der Waals surface area contributed by atoms with Crippen molar-refractivity contribution in [3.8, 4) is 11.4 Å².